The van der Waals surface area contributed by atoms with E-state index < -0.39 is 5.91 Å². The smallest absolute Gasteiger partial charge is 0.250 e. The highest BCUT2D eigenvalue weighted by Gasteiger charge is 2.16. The highest BCUT2D eigenvalue weighted by molar-refractivity contribution is 5.98. The fraction of sp³-hybridized carbons (Fsp3) is 0.444. The predicted octanol–water partition coefficient (Wildman–Crippen LogP) is 1.89. The van der Waals surface area contributed by atoms with Crippen LogP contribution in [0.2, 0.25) is 0 Å². The molecule has 1 amide bonds. The topological polar surface area (TPSA) is 77.9 Å². The van der Waals surface area contributed by atoms with Crippen LogP contribution in [0.3, 0.4) is 0 Å². The van der Waals surface area contributed by atoms with Gasteiger partial charge in [0, 0.05) is 23.2 Å². The lowest BCUT2D eigenvalue weighted by Gasteiger charge is -2.16. The predicted molar refractivity (Wildman–Crippen MR) is 53.2 cm³/mol. The van der Waals surface area contributed by atoms with Gasteiger partial charge in [-0.2, -0.15) is 0 Å². The van der Waals surface area contributed by atoms with Gasteiger partial charge in [0.2, 0.25) is 0 Å². The summed E-state index contributed by atoms with van der Waals surface area (Å²) in [6.07, 6.45) is 4.56. The molecule has 0 radical (unpaired) electrons. The SMILES string of the molecule is CNC1=CC(C)CC=C1C(=O)N=[N+]=[N-]. The Hall–Kier alpha value is -1.74. The minimum absolute atomic E-state index is 0.403. The molecule has 1 aliphatic carbocycles. The average molecular weight is 192 g/mol. The zero-order valence-electron chi connectivity index (χ0n) is 8.19. The molecule has 1 unspecified atom stereocenters. The Labute approximate surface area is 82.1 Å². The Morgan fingerprint density at radius 3 is 3.07 bits per heavy atom. The molecule has 1 N–H and O–H groups in total. The summed E-state index contributed by atoms with van der Waals surface area (Å²) in [5.41, 5.74) is 9.35. The van der Waals surface area contributed by atoms with Crippen LogP contribution in [0.5, 0.6) is 0 Å². The number of carbonyl (C=O) groups is 1. The lowest BCUT2D eigenvalue weighted by Crippen LogP contribution is -2.17. The van der Waals surface area contributed by atoms with E-state index >= 15 is 0 Å². The van der Waals surface area contributed by atoms with Crippen molar-refractivity contribution in [3.8, 4) is 0 Å². The second-order valence-electron chi connectivity index (χ2n) is 3.16. The molecule has 5 heteroatoms. The Morgan fingerprint density at radius 1 is 1.79 bits per heavy atom. The fourth-order valence-electron chi connectivity index (χ4n) is 1.37. The Kier molecular flexibility index (Phi) is 3.31. The highest BCUT2D eigenvalue weighted by Crippen LogP contribution is 2.21. The molecule has 0 saturated heterocycles. The summed E-state index contributed by atoms with van der Waals surface area (Å²) in [5.74, 6) is -0.125. The van der Waals surface area contributed by atoms with Gasteiger partial charge >= 0.3 is 0 Å². The molecule has 1 aliphatic rings. The number of hydrogen-bond acceptors (Lipinski definition) is 2. The molecule has 0 aromatic carbocycles. The summed E-state index contributed by atoms with van der Waals surface area (Å²) in [6, 6.07) is 0. The van der Waals surface area contributed by atoms with Crippen LogP contribution in [0.4, 0.5) is 0 Å². The quantitative estimate of drug-likeness (QED) is 0.412. The summed E-state index contributed by atoms with van der Waals surface area (Å²) in [5, 5.41) is 5.98. The second kappa shape index (κ2) is 4.48. The van der Waals surface area contributed by atoms with Crippen LogP contribution in [-0.2, 0) is 4.79 Å². The van der Waals surface area contributed by atoms with Crippen LogP contribution in [0, 0.1) is 5.92 Å². The Balaban J connectivity index is 2.94. The van der Waals surface area contributed by atoms with E-state index in [2.05, 4.69) is 22.3 Å². The lowest BCUT2D eigenvalue weighted by molar-refractivity contribution is -0.114. The van der Waals surface area contributed by atoms with Crippen molar-refractivity contribution in [2.45, 2.75) is 13.3 Å². The van der Waals surface area contributed by atoms with Crippen LogP contribution in [0.1, 0.15) is 13.3 Å². The fourth-order valence-corrected chi connectivity index (χ4v) is 1.37. The summed E-state index contributed by atoms with van der Waals surface area (Å²) in [6.45, 7) is 2.06. The minimum Gasteiger partial charge on any atom is -0.388 e. The monoisotopic (exact) mass is 192 g/mol. The molecule has 74 valence electrons. The lowest BCUT2D eigenvalue weighted by atomic mass is 9.95. The van der Waals surface area contributed by atoms with Crippen molar-refractivity contribution in [3.05, 3.63) is 33.9 Å². The molecule has 5 nitrogen and oxygen atoms in total. The number of rotatable bonds is 2. The van der Waals surface area contributed by atoms with Crippen molar-refractivity contribution in [2.24, 2.45) is 11.0 Å². The molecule has 0 aromatic rings. The van der Waals surface area contributed by atoms with E-state index in [1.807, 2.05) is 6.08 Å². The molecule has 1 atom stereocenters. The normalized spacial score (nSPS) is 20.3. The molecule has 0 saturated carbocycles. The third kappa shape index (κ3) is 2.14. The number of allylic oxidation sites excluding steroid dienone is 2. The van der Waals surface area contributed by atoms with Gasteiger partial charge in [-0.3, -0.25) is 4.79 Å². The van der Waals surface area contributed by atoms with Crippen LogP contribution in [0.15, 0.2) is 28.5 Å². The van der Waals surface area contributed by atoms with Crippen molar-refractivity contribution in [2.75, 3.05) is 7.05 Å². The second-order valence-corrected chi connectivity index (χ2v) is 3.16. The number of nitrogens with one attached hydrogen (secondary N) is 1. The van der Waals surface area contributed by atoms with Gasteiger partial charge < -0.3 is 5.32 Å². The van der Waals surface area contributed by atoms with Gasteiger partial charge in [0.15, 0.2) is 0 Å². The summed E-state index contributed by atoms with van der Waals surface area (Å²) < 4.78 is 0. The molecular formula is C9H12N4O. The number of azide groups is 1. The first kappa shape index (κ1) is 10.3. The maximum atomic E-state index is 11.3. The number of amides is 1. The van der Waals surface area contributed by atoms with E-state index in [0.29, 0.717) is 11.5 Å². The molecule has 1 rings (SSSR count). The van der Waals surface area contributed by atoms with E-state index in [1.165, 1.54) is 0 Å². The standard InChI is InChI=1S/C9H12N4O/c1-6-3-4-7(8(5-6)11-2)9(14)12-13-10/h4-6,11H,3H2,1-2H3. The summed E-state index contributed by atoms with van der Waals surface area (Å²) in [4.78, 5) is 13.8. The average Bonchev–Trinajstić information content (AvgIpc) is 2.17. The molecular weight excluding hydrogens is 180 g/mol. The first-order valence-electron chi connectivity index (χ1n) is 4.38. The van der Waals surface area contributed by atoms with Crippen molar-refractivity contribution in [3.63, 3.8) is 0 Å². The van der Waals surface area contributed by atoms with E-state index in [9.17, 15) is 4.79 Å². The summed E-state index contributed by atoms with van der Waals surface area (Å²) in [7, 11) is 1.74. The Morgan fingerprint density at radius 2 is 2.50 bits per heavy atom. The number of carbonyl (C=O) groups excluding carboxylic acids is 1. The van der Waals surface area contributed by atoms with Gasteiger partial charge in [-0.15, -0.1) is 0 Å². The molecule has 0 bridgehead atoms. The largest absolute Gasteiger partial charge is 0.388 e. The third-order valence-corrected chi connectivity index (χ3v) is 2.07. The zero-order valence-corrected chi connectivity index (χ0v) is 8.19. The summed E-state index contributed by atoms with van der Waals surface area (Å²) >= 11 is 0. The van der Waals surface area contributed by atoms with Gasteiger partial charge in [-0.1, -0.05) is 19.1 Å². The van der Waals surface area contributed by atoms with Crippen molar-refractivity contribution < 1.29 is 4.79 Å². The van der Waals surface area contributed by atoms with Crippen molar-refractivity contribution >= 4 is 5.91 Å². The molecule has 0 aliphatic heterocycles. The first-order valence-corrected chi connectivity index (χ1v) is 4.38. The molecule has 0 spiro atoms. The molecule has 0 aromatic heterocycles. The highest BCUT2D eigenvalue weighted by atomic mass is 16.1. The van der Waals surface area contributed by atoms with Crippen LogP contribution in [0.25, 0.3) is 10.4 Å². The zero-order chi connectivity index (χ0) is 10.6. The third-order valence-electron chi connectivity index (χ3n) is 2.07. The molecule has 0 heterocycles. The number of hydrogen-bond donors (Lipinski definition) is 1. The maximum absolute atomic E-state index is 11.3. The first-order chi connectivity index (χ1) is 6.69. The number of likely N-dealkylation sites (N-methyl/N-ethyl adjacent to an activating group) is 1. The number of nitrogens with zero attached hydrogens (tertiary/aromatic N) is 3. The van der Waals surface area contributed by atoms with Crippen LogP contribution < -0.4 is 5.32 Å². The van der Waals surface area contributed by atoms with E-state index in [0.717, 1.165) is 12.1 Å². The van der Waals surface area contributed by atoms with Crippen LogP contribution >= 0.6 is 0 Å². The maximum Gasteiger partial charge on any atom is 0.250 e. The van der Waals surface area contributed by atoms with Gasteiger partial charge in [-0.05, 0) is 23.0 Å². The van der Waals surface area contributed by atoms with E-state index in [1.54, 1.807) is 13.1 Å². The van der Waals surface area contributed by atoms with E-state index in [-0.39, 0.29) is 0 Å². The van der Waals surface area contributed by atoms with E-state index in [4.69, 9.17) is 5.53 Å². The van der Waals surface area contributed by atoms with Crippen LogP contribution in [-0.4, -0.2) is 13.0 Å². The van der Waals surface area contributed by atoms with Crippen molar-refractivity contribution in [1.82, 2.24) is 5.32 Å². The molecule has 0 fully saturated rings. The van der Waals surface area contributed by atoms with Gasteiger partial charge in [0.05, 0.1) is 0 Å². The van der Waals surface area contributed by atoms with Gasteiger partial charge in [0.1, 0.15) is 0 Å². The minimum atomic E-state index is -0.528. The van der Waals surface area contributed by atoms with Crippen molar-refractivity contribution in [1.29, 1.82) is 0 Å². The Bertz CT molecular complexity index is 350. The molecule has 14 heavy (non-hydrogen) atoms. The van der Waals surface area contributed by atoms with Gasteiger partial charge in [0.25, 0.3) is 5.91 Å². The van der Waals surface area contributed by atoms with Gasteiger partial charge in [-0.25, -0.2) is 0 Å².